The predicted molar refractivity (Wildman–Crippen MR) is 110 cm³/mol. The van der Waals surface area contributed by atoms with Gasteiger partial charge in [-0.05, 0) is 24.3 Å². The summed E-state index contributed by atoms with van der Waals surface area (Å²) in [5.41, 5.74) is 0.459. The molecule has 13 heteroatoms. The van der Waals surface area contributed by atoms with E-state index < -0.39 is 35.5 Å². The van der Waals surface area contributed by atoms with E-state index in [4.69, 9.17) is 14.0 Å². The molecule has 1 aromatic heterocycles. The average molecular weight is 470 g/mol. The van der Waals surface area contributed by atoms with E-state index in [0.717, 1.165) is 23.1 Å². The van der Waals surface area contributed by atoms with Gasteiger partial charge in [-0.1, -0.05) is 10.4 Å². The molecule has 2 aliphatic heterocycles. The van der Waals surface area contributed by atoms with Crippen LogP contribution in [0.5, 0.6) is 11.5 Å². The summed E-state index contributed by atoms with van der Waals surface area (Å²) >= 11 is 0. The van der Waals surface area contributed by atoms with E-state index in [9.17, 15) is 18.4 Å². The number of hydrogen-bond acceptors (Lipinski definition) is 10. The first-order chi connectivity index (χ1) is 16.4. The molecular weight excluding hydrogens is 454 g/mol. The molecule has 11 nitrogen and oxygen atoms in total. The Balaban J connectivity index is 1.37. The smallest absolute Gasteiger partial charge is 0.263 e. The van der Waals surface area contributed by atoms with Gasteiger partial charge < -0.3 is 14.0 Å². The number of carbonyl (C=O) groups is 2. The Hall–Kier alpha value is -4.42. The topological polar surface area (TPSA) is 123 Å². The zero-order valence-corrected chi connectivity index (χ0v) is 17.8. The van der Waals surface area contributed by atoms with Gasteiger partial charge in [0.1, 0.15) is 18.0 Å². The summed E-state index contributed by atoms with van der Waals surface area (Å²) in [5.74, 6) is -2.25. The fourth-order valence-electron chi connectivity index (χ4n) is 3.78. The minimum absolute atomic E-state index is 0.0925. The number of ether oxygens (including phenoxy) is 2. The molecule has 0 N–H and O–H groups in total. The lowest BCUT2D eigenvalue weighted by Crippen LogP contribution is -2.39. The number of fused-ring (bicyclic) bond motifs is 1. The number of anilines is 1. The van der Waals surface area contributed by atoms with Gasteiger partial charge in [0.05, 0.1) is 25.5 Å². The Kier molecular flexibility index (Phi) is 5.15. The zero-order valence-electron chi connectivity index (χ0n) is 17.8. The molecule has 0 radical (unpaired) electrons. The number of carbonyl (C=O) groups excluding carboxylic acids is 2. The monoisotopic (exact) mass is 470 g/mol. The zero-order chi connectivity index (χ0) is 24.0. The van der Waals surface area contributed by atoms with Gasteiger partial charge in [-0.3, -0.25) is 14.6 Å². The van der Waals surface area contributed by atoms with Crippen LogP contribution < -0.4 is 14.4 Å². The summed E-state index contributed by atoms with van der Waals surface area (Å²) in [6, 6.07) is 5.64. The molecule has 3 heterocycles. The first-order valence-electron chi connectivity index (χ1n) is 9.96. The highest BCUT2D eigenvalue weighted by Crippen LogP contribution is 2.34. The van der Waals surface area contributed by atoms with Crippen LogP contribution in [0.4, 0.5) is 14.5 Å². The van der Waals surface area contributed by atoms with Crippen LogP contribution >= 0.6 is 0 Å². The first kappa shape index (κ1) is 21.4. The largest absolute Gasteiger partial charge is 0.497 e. The van der Waals surface area contributed by atoms with Crippen molar-refractivity contribution < 1.29 is 32.4 Å². The molecule has 1 saturated heterocycles. The van der Waals surface area contributed by atoms with Gasteiger partial charge in [0.25, 0.3) is 11.8 Å². The predicted octanol–water partition coefficient (Wildman–Crippen LogP) is 2.53. The minimum Gasteiger partial charge on any atom is -0.497 e. The highest BCUT2D eigenvalue weighted by Gasteiger charge is 2.55. The summed E-state index contributed by atoms with van der Waals surface area (Å²) in [6.07, 6.45) is 0. The van der Waals surface area contributed by atoms with Crippen molar-refractivity contribution in [3.8, 4) is 22.9 Å². The lowest BCUT2D eigenvalue weighted by molar-refractivity contribution is -0.123. The van der Waals surface area contributed by atoms with Gasteiger partial charge in [-0.2, -0.15) is 10.1 Å². The highest BCUT2D eigenvalue weighted by molar-refractivity contribution is 6.25. The normalized spacial score (nSPS) is 19.2. The highest BCUT2D eigenvalue weighted by atomic mass is 19.2. The minimum atomic E-state index is -1.18. The molecule has 3 aromatic rings. The van der Waals surface area contributed by atoms with Crippen molar-refractivity contribution in [2.45, 2.75) is 18.6 Å². The Morgan fingerprint density at radius 3 is 2.59 bits per heavy atom. The van der Waals surface area contributed by atoms with Crippen LogP contribution in [-0.4, -0.2) is 53.3 Å². The Bertz CT molecular complexity index is 1330. The van der Waals surface area contributed by atoms with E-state index in [0.29, 0.717) is 17.1 Å². The van der Waals surface area contributed by atoms with Crippen LogP contribution in [0.15, 0.2) is 51.3 Å². The maximum absolute atomic E-state index is 13.7. The van der Waals surface area contributed by atoms with Crippen LogP contribution in [-0.2, 0) is 16.1 Å². The number of hydrogen-bond donors (Lipinski definition) is 0. The maximum atomic E-state index is 13.7. The summed E-state index contributed by atoms with van der Waals surface area (Å²) in [7, 11) is 3.02. The van der Waals surface area contributed by atoms with Gasteiger partial charge in [0.15, 0.2) is 23.7 Å². The molecule has 1 fully saturated rings. The van der Waals surface area contributed by atoms with Crippen molar-refractivity contribution in [3.63, 3.8) is 0 Å². The number of methoxy groups -OCH3 is 2. The van der Waals surface area contributed by atoms with Crippen LogP contribution in [0.25, 0.3) is 11.4 Å². The standard InChI is InChI=1S/C21H16F2N6O5/c1-32-11-4-5-12(15(8-11)33-2)19-24-16(34-26-19)9-28-18-17(25-27-28)20(30)29(21(18)31)10-3-6-13(22)14(23)7-10/h3-8,17-18H,9H2,1-2H3. The third kappa shape index (κ3) is 3.41. The van der Waals surface area contributed by atoms with E-state index in [-0.39, 0.29) is 23.9 Å². The van der Waals surface area contributed by atoms with Crippen LogP contribution in [0.2, 0.25) is 0 Å². The number of aromatic nitrogens is 2. The number of amides is 2. The van der Waals surface area contributed by atoms with E-state index in [2.05, 4.69) is 20.5 Å². The first-order valence-corrected chi connectivity index (χ1v) is 9.96. The third-order valence-corrected chi connectivity index (χ3v) is 5.43. The molecule has 2 atom stereocenters. The van der Waals surface area contributed by atoms with Gasteiger partial charge >= 0.3 is 0 Å². The molecule has 2 amide bonds. The second-order valence-electron chi connectivity index (χ2n) is 7.38. The second-order valence-corrected chi connectivity index (χ2v) is 7.38. The van der Waals surface area contributed by atoms with E-state index in [1.165, 1.54) is 19.2 Å². The summed E-state index contributed by atoms with van der Waals surface area (Å²) in [4.78, 5) is 30.8. The molecule has 0 aliphatic carbocycles. The average Bonchev–Trinajstić information content (AvgIpc) is 3.53. The molecule has 0 saturated carbocycles. The Morgan fingerprint density at radius 2 is 1.85 bits per heavy atom. The van der Waals surface area contributed by atoms with E-state index >= 15 is 0 Å². The van der Waals surface area contributed by atoms with Gasteiger partial charge in [0.2, 0.25) is 11.7 Å². The number of benzene rings is 2. The van der Waals surface area contributed by atoms with Gasteiger partial charge in [0, 0.05) is 12.1 Å². The molecule has 34 heavy (non-hydrogen) atoms. The fraction of sp³-hybridized carbons (Fsp3) is 0.238. The molecule has 0 bridgehead atoms. The van der Waals surface area contributed by atoms with Gasteiger partial charge in [-0.25, -0.2) is 13.7 Å². The van der Waals surface area contributed by atoms with Gasteiger partial charge in [-0.15, -0.1) is 0 Å². The lowest BCUT2D eigenvalue weighted by atomic mass is 10.1. The van der Waals surface area contributed by atoms with E-state index in [1.54, 1.807) is 18.2 Å². The third-order valence-electron chi connectivity index (χ3n) is 5.43. The van der Waals surface area contributed by atoms with Crippen LogP contribution in [0, 0.1) is 11.6 Å². The number of imide groups is 1. The number of halogens is 2. The number of nitrogens with zero attached hydrogens (tertiary/aromatic N) is 6. The summed E-state index contributed by atoms with van der Waals surface area (Å²) in [5, 5.41) is 13.0. The maximum Gasteiger partial charge on any atom is 0.263 e. The van der Waals surface area contributed by atoms with Crippen molar-refractivity contribution in [2.24, 2.45) is 10.3 Å². The van der Waals surface area contributed by atoms with Crippen molar-refractivity contribution in [2.75, 3.05) is 19.1 Å². The molecule has 2 aromatic carbocycles. The molecule has 2 aliphatic rings. The van der Waals surface area contributed by atoms with Crippen LogP contribution in [0.1, 0.15) is 5.89 Å². The SMILES string of the molecule is COc1ccc(-c2noc(CN3N=NC4C(=O)N(c5ccc(F)c(F)c5)C(=O)C43)n2)c(OC)c1. The second kappa shape index (κ2) is 8.17. The van der Waals surface area contributed by atoms with Crippen molar-refractivity contribution in [3.05, 3.63) is 53.9 Å². The van der Waals surface area contributed by atoms with E-state index in [1.807, 2.05) is 0 Å². The quantitative estimate of drug-likeness (QED) is 0.504. The Morgan fingerprint density at radius 1 is 1.03 bits per heavy atom. The summed E-state index contributed by atoms with van der Waals surface area (Å²) in [6.45, 7) is -0.110. The van der Waals surface area contributed by atoms with Crippen molar-refractivity contribution in [1.29, 1.82) is 0 Å². The Labute approximate surface area is 190 Å². The fourth-order valence-corrected chi connectivity index (χ4v) is 3.78. The summed E-state index contributed by atoms with van der Waals surface area (Å²) < 4.78 is 42.8. The lowest BCUT2D eigenvalue weighted by Gasteiger charge is -2.19. The molecule has 2 unspecified atom stereocenters. The molecular formula is C21H16F2N6O5. The molecule has 5 rings (SSSR count). The number of rotatable bonds is 6. The van der Waals surface area contributed by atoms with Crippen molar-refractivity contribution in [1.82, 2.24) is 15.1 Å². The molecule has 0 spiro atoms. The van der Waals surface area contributed by atoms with Crippen molar-refractivity contribution >= 4 is 17.5 Å². The van der Waals surface area contributed by atoms with Crippen LogP contribution in [0.3, 0.4) is 0 Å². The molecule has 174 valence electrons.